The molecule has 10 heteroatoms. The first-order chi connectivity index (χ1) is 10.5. The first kappa shape index (κ1) is 19.4. The Morgan fingerprint density at radius 3 is 2.52 bits per heavy atom. The van der Waals surface area contributed by atoms with Gasteiger partial charge in [-0.25, -0.2) is 4.98 Å². The zero-order valence-electron chi connectivity index (χ0n) is 13.0. The zero-order valence-corrected chi connectivity index (χ0v) is 13.8. The van der Waals surface area contributed by atoms with Gasteiger partial charge in [0.15, 0.2) is 5.69 Å². The molecule has 0 saturated carbocycles. The highest BCUT2D eigenvalue weighted by Gasteiger charge is 2.33. The number of carbonyl (C=O) groups excluding carboxylic acids is 2. The van der Waals surface area contributed by atoms with Crippen molar-refractivity contribution in [2.75, 3.05) is 13.6 Å². The van der Waals surface area contributed by atoms with E-state index in [1.807, 2.05) is 0 Å². The SMILES string of the molecule is CC(C)[C@H](N)C(=O)NCC(=O)N(C)Cc1nc(C(F)(F)F)cs1. The van der Waals surface area contributed by atoms with Gasteiger partial charge in [-0.05, 0) is 5.92 Å². The van der Waals surface area contributed by atoms with Gasteiger partial charge in [-0.15, -0.1) is 11.3 Å². The fraction of sp³-hybridized carbons (Fsp3) is 0.615. The van der Waals surface area contributed by atoms with E-state index in [0.29, 0.717) is 0 Å². The molecule has 0 aromatic carbocycles. The molecule has 23 heavy (non-hydrogen) atoms. The van der Waals surface area contributed by atoms with E-state index in [-0.39, 0.29) is 24.0 Å². The fourth-order valence-corrected chi connectivity index (χ4v) is 2.38. The van der Waals surface area contributed by atoms with Gasteiger partial charge >= 0.3 is 6.18 Å². The van der Waals surface area contributed by atoms with Crippen LogP contribution >= 0.6 is 11.3 Å². The third-order valence-electron chi connectivity index (χ3n) is 3.08. The third-order valence-corrected chi connectivity index (χ3v) is 3.91. The number of hydrogen-bond donors (Lipinski definition) is 2. The van der Waals surface area contributed by atoms with Crippen molar-refractivity contribution in [2.24, 2.45) is 11.7 Å². The van der Waals surface area contributed by atoms with Crippen molar-refractivity contribution in [2.45, 2.75) is 32.6 Å². The molecule has 130 valence electrons. The molecule has 0 bridgehead atoms. The normalized spacial score (nSPS) is 13.0. The molecular formula is C13H19F3N4O2S. The molecule has 1 atom stereocenters. The number of hydrogen-bond acceptors (Lipinski definition) is 5. The van der Waals surface area contributed by atoms with Crippen molar-refractivity contribution in [3.63, 3.8) is 0 Å². The molecule has 0 saturated heterocycles. The summed E-state index contributed by atoms with van der Waals surface area (Å²) in [5.74, 6) is -0.965. The van der Waals surface area contributed by atoms with Crippen molar-refractivity contribution < 1.29 is 22.8 Å². The van der Waals surface area contributed by atoms with Gasteiger partial charge in [0.2, 0.25) is 11.8 Å². The lowest BCUT2D eigenvalue weighted by atomic mass is 10.1. The van der Waals surface area contributed by atoms with Crippen LogP contribution in [-0.2, 0) is 22.3 Å². The topological polar surface area (TPSA) is 88.3 Å². The van der Waals surface area contributed by atoms with Crippen LogP contribution in [0.4, 0.5) is 13.2 Å². The van der Waals surface area contributed by atoms with E-state index in [0.717, 1.165) is 16.7 Å². The predicted molar refractivity (Wildman–Crippen MR) is 79.4 cm³/mol. The van der Waals surface area contributed by atoms with E-state index < -0.39 is 29.7 Å². The average Bonchev–Trinajstić information content (AvgIpc) is 2.91. The summed E-state index contributed by atoms with van der Waals surface area (Å²) in [5.41, 5.74) is 4.66. The molecule has 3 N–H and O–H groups in total. The Morgan fingerprint density at radius 1 is 1.43 bits per heavy atom. The highest BCUT2D eigenvalue weighted by atomic mass is 32.1. The Bertz CT molecular complexity index is 560. The molecular weight excluding hydrogens is 333 g/mol. The number of likely N-dealkylation sites (N-methyl/N-ethyl adjacent to an activating group) is 1. The summed E-state index contributed by atoms with van der Waals surface area (Å²) in [6, 6.07) is -0.721. The highest BCUT2D eigenvalue weighted by molar-refractivity contribution is 7.09. The zero-order chi connectivity index (χ0) is 17.8. The molecule has 0 aliphatic heterocycles. The van der Waals surface area contributed by atoms with Crippen molar-refractivity contribution in [3.8, 4) is 0 Å². The number of nitrogens with one attached hydrogen (secondary N) is 1. The second-order valence-electron chi connectivity index (χ2n) is 5.36. The summed E-state index contributed by atoms with van der Waals surface area (Å²) in [5, 5.41) is 3.47. The Hall–Kier alpha value is -1.68. The summed E-state index contributed by atoms with van der Waals surface area (Å²) in [4.78, 5) is 28.2. The van der Waals surface area contributed by atoms with Crippen LogP contribution in [-0.4, -0.2) is 41.3 Å². The minimum atomic E-state index is -4.50. The standard InChI is InChI=1S/C13H19F3N4O2S/c1-7(2)11(17)12(22)18-4-10(21)20(3)5-9-19-8(6-23-9)13(14,15)16/h6-7,11H,4-5,17H2,1-3H3,(H,18,22)/t11-/m0/s1. The summed E-state index contributed by atoms with van der Waals surface area (Å²) < 4.78 is 37.4. The quantitative estimate of drug-likeness (QED) is 0.806. The monoisotopic (exact) mass is 352 g/mol. The molecule has 0 fully saturated rings. The molecule has 1 aromatic rings. The van der Waals surface area contributed by atoms with Gasteiger partial charge in [-0.1, -0.05) is 13.8 Å². The van der Waals surface area contributed by atoms with Gasteiger partial charge in [-0.3, -0.25) is 9.59 Å². The van der Waals surface area contributed by atoms with Crippen molar-refractivity contribution in [3.05, 3.63) is 16.1 Å². The van der Waals surface area contributed by atoms with Crippen LogP contribution in [0.3, 0.4) is 0 Å². The number of nitrogens with two attached hydrogens (primary N) is 1. The fourth-order valence-electron chi connectivity index (χ4n) is 1.52. The minimum absolute atomic E-state index is 0.0638. The molecule has 0 spiro atoms. The highest BCUT2D eigenvalue weighted by Crippen LogP contribution is 2.30. The van der Waals surface area contributed by atoms with E-state index in [1.54, 1.807) is 13.8 Å². The largest absolute Gasteiger partial charge is 0.434 e. The summed E-state index contributed by atoms with van der Waals surface area (Å²) >= 11 is 0.823. The first-order valence-corrected chi connectivity index (χ1v) is 7.69. The number of thiazole rings is 1. The Morgan fingerprint density at radius 2 is 2.04 bits per heavy atom. The summed E-state index contributed by atoms with van der Waals surface area (Å²) in [6.07, 6.45) is -4.50. The van der Waals surface area contributed by atoms with Gasteiger partial charge in [0.05, 0.1) is 19.1 Å². The maximum absolute atomic E-state index is 12.5. The van der Waals surface area contributed by atoms with Crippen molar-refractivity contribution in [1.82, 2.24) is 15.2 Å². The van der Waals surface area contributed by atoms with Gasteiger partial charge in [0.1, 0.15) is 5.01 Å². The number of nitrogens with zero attached hydrogens (tertiary/aromatic N) is 2. The smallest absolute Gasteiger partial charge is 0.346 e. The van der Waals surface area contributed by atoms with Crippen LogP contribution in [0.15, 0.2) is 5.38 Å². The number of alkyl halides is 3. The summed E-state index contributed by atoms with van der Waals surface area (Å²) in [6.45, 7) is 3.22. The maximum atomic E-state index is 12.5. The van der Waals surface area contributed by atoms with Crippen LogP contribution in [0.25, 0.3) is 0 Å². The van der Waals surface area contributed by atoms with Crippen molar-refractivity contribution >= 4 is 23.2 Å². The number of amides is 2. The van der Waals surface area contributed by atoms with Crippen molar-refractivity contribution in [1.29, 1.82) is 0 Å². The molecule has 0 unspecified atom stereocenters. The van der Waals surface area contributed by atoms with Gasteiger partial charge in [0, 0.05) is 12.4 Å². The molecule has 0 radical (unpaired) electrons. The second-order valence-corrected chi connectivity index (χ2v) is 6.30. The molecule has 0 aliphatic carbocycles. The molecule has 1 aromatic heterocycles. The van der Waals surface area contributed by atoms with Crippen LogP contribution in [0.5, 0.6) is 0 Å². The summed E-state index contributed by atoms with van der Waals surface area (Å²) in [7, 11) is 1.42. The maximum Gasteiger partial charge on any atom is 0.434 e. The van der Waals surface area contributed by atoms with Gasteiger partial charge in [0.25, 0.3) is 0 Å². The second kappa shape index (κ2) is 7.73. The van der Waals surface area contributed by atoms with E-state index >= 15 is 0 Å². The Kier molecular flexibility index (Phi) is 6.51. The lowest BCUT2D eigenvalue weighted by Crippen LogP contribution is -2.47. The van der Waals surface area contributed by atoms with Crippen LogP contribution in [0.1, 0.15) is 24.5 Å². The van der Waals surface area contributed by atoms with Gasteiger partial charge < -0.3 is 16.0 Å². The lowest BCUT2D eigenvalue weighted by molar-refractivity contribution is -0.140. The molecule has 0 aliphatic rings. The van der Waals surface area contributed by atoms with E-state index in [4.69, 9.17) is 5.73 Å². The predicted octanol–water partition coefficient (Wildman–Crippen LogP) is 1.22. The number of carbonyl (C=O) groups is 2. The van der Waals surface area contributed by atoms with Gasteiger partial charge in [-0.2, -0.15) is 13.2 Å². The number of halogens is 3. The molecule has 2 amide bonds. The van der Waals surface area contributed by atoms with Crippen LogP contribution in [0.2, 0.25) is 0 Å². The molecule has 1 heterocycles. The lowest BCUT2D eigenvalue weighted by Gasteiger charge is -2.18. The Balaban J connectivity index is 2.51. The van der Waals surface area contributed by atoms with Crippen LogP contribution < -0.4 is 11.1 Å². The average molecular weight is 352 g/mol. The van der Waals surface area contributed by atoms with E-state index in [1.165, 1.54) is 11.9 Å². The minimum Gasteiger partial charge on any atom is -0.346 e. The van der Waals surface area contributed by atoms with E-state index in [2.05, 4.69) is 10.3 Å². The first-order valence-electron chi connectivity index (χ1n) is 6.81. The number of aromatic nitrogens is 1. The van der Waals surface area contributed by atoms with E-state index in [9.17, 15) is 22.8 Å². The molecule has 6 nitrogen and oxygen atoms in total. The number of rotatable bonds is 6. The van der Waals surface area contributed by atoms with Crippen LogP contribution in [0, 0.1) is 5.92 Å². The molecule has 1 rings (SSSR count). The Labute approximate surface area is 135 Å². The third kappa shape index (κ3) is 5.79.